The van der Waals surface area contributed by atoms with Crippen LogP contribution in [0.2, 0.25) is 0 Å². The average Bonchev–Trinajstić information content (AvgIpc) is 2.23. The van der Waals surface area contributed by atoms with E-state index in [1.54, 1.807) is 6.92 Å². The summed E-state index contributed by atoms with van der Waals surface area (Å²) < 4.78 is 5.56. The molecule has 0 radical (unpaired) electrons. The number of rotatable bonds is 5. The molecule has 0 aliphatic rings. The van der Waals surface area contributed by atoms with Gasteiger partial charge in [-0.15, -0.1) is 0 Å². The van der Waals surface area contributed by atoms with E-state index in [-0.39, 0.29) is 5.92 Å². The van der Waals surface area contributed by atoms with Crippen molar-refractivity contribution in [1.82, 2.24) is 0 Å². The van der Waals surface area contributed by atoms with E-state index in [9.17, 15) is 4.79 Å². The number of aryl methyl sites for hydroxylation is 1. The third-order valence-corrected chi connectivity index (χ3v) is 2.53. The summed E-state index contributed by atoms with van der Waals surface area (Å²) in [5.74, 6) is -0.330. The molecule has 1 atom stereocenters. The van der Waals surface area contributed by atoms with Gasteiger partial charge >= 0.3 is 5.97 Å². The van der Waals surface area contributed by atoms with E-state index in [1.807, 2.05) is 32.0 Å². The van der Waals surface area contributed by atoms with Crippen LogP contribution < -0.4 is 4.74 Å². The summed E-state index contributed by atoms with van der Waals surface area (Å²) in [5, 5.41) is 8.89. The molecule has 0 heterocycles. The molecular weight excluding hydrogens is 204 g/mol. The van der Waals surface area contributed by atoms with Gasteiger partial charge in [0.2, 0.25) is 0 Å². The first-order valence-corrected chi connectivity index (χ1v) is 5.50. The van der Waals surface area contributed by atoms with Crippen molar-refractivity contribution in [2.45, 2.75) is 27.2 Å². The first-order chi connectivity index (χ1) is 7.56. The van der Waals surface area contributed by atoms with Gasteiger partial charge in [-0.3, -0.25) is 4.79 Å². The van der Waals surface area contributed by atoms with E-state index >= 15 is 0 Å². The summed E-state index contributed by atoms with van der Waals surface area (Å²) in [6.07, 6.45) is 0.506. The normalized spacial score (nSPS) is 12.2. The molecule has 0 saturated carbocycles. The Bertz CT molecular complexity index is 371. The van der Waals surface area contributed by atoms with Crippen LogP contribution in [-0.4, -0.2) is 17.7 Å². The van der Waals surface area contributed by atoms with Crippen molar-refractivity contribution < 1.29 is 14.6 Å². The van der Waals surface area contributed by atoms with Crippen LogP contribution in [0.4, 0.5) is 0 Å². The molecule has 0 fully saturated rings. The van der Waals surface area contributed by atoms with Crippen molar-refractivity contribution in [3.63, 3.8) is 0 Å². The molecule has 0 spiro atoms. The zero-order valence-electron chi connectivity index (χ0n) is 9.99. The molecule has 0 bridgehead atoms. The Morgan fingerprint density at radius 3 is 2.75 bits per heavy atom. The smallest absolute Gasteiger partial charge is 0.306 e. The topological polar surface area (TPSA) is 46.5 Å². The molecule has 1 aromatic carbocycles. The zero-order chi connectivity index (χ0) is 12.1. The van der Waals surface area contributed by atoms with Crippen LogP contribution in [0.5, 0.6) is 5.75 Å². The van der Waals surface area contributed by atoms with Gasteiger partial charge in [0.05, 0.1) is 12.5 Å². The van der Waals surface area contributed by atoms with Gasteiger partial charge in [-0.2, -0.15) is 0 Å². The minimum atomic E-state index is -0.774. The standard InChI is InChI=1S/C13H18O3/c1-4-16-12-9(2)6-5-7-11(12)8-10(3)13(14)15/h5-7,10H,4,8H2,1-3H3,(H,14,15). The Hall–Kier alpha value is -1.51. The van der Waals surface area contributed by atoms with Crippen LogP contribution >= 0.6 is 0 Å². The van der Waals surface area contributed by atoms with Crippen LogP contribution in [0.3, 0.4) is 0 Å². The second-order valence-electron chi connectivity index (χ2n) is 3.94. The molecule has 1 rings (SSSR count). The summed E-state index contributed by atoms with van der Waals surface area (Å²) in [4.78, 5) is 10.8. The second-order valence-corrected chi connectivity index (χ2v) is 3.94. The molecule has 0 aliphatic heterocycles. The molecule has 3 heteroatoms. The highest BCUT2D eigenvalue weighted by Crippen LogP contribution is 2.25. The van der Waals surface area contributed by atoms with E-state index in [2.05, 4.69) is 0 Å². The van der Waals surface area contributed by atoms with Crippen molar-refractivity contribution in [3.05, 3.63) is 29.3 Å². The fourth-order valence-electron chi connectivity index (χ4n) is 1.64. The molecule has 3 nitrogen and oxygen atoms in total. The Kier molecular flexibility index (Phi) is 4.35. The van der Waals surface area contributed by atoms with Crippen molar-refractivity contribution in [2.24, 2.45) is 5.92 Å². The molecule has 1 unspecified atom stereocenters. The number of carboxylic acids is 1. The molecule has 1 N–H and O–H groups in total. The van der Waals surface area contributed by atoms with Crippen molar-refractivity contribution in [3.8, 4) is 5.75 Å². The zero-order valence-corrected chi connectivity index (χ0v) is 9.99. The maximum Gasteiger partial charge on any atom is 0.306 e. The summed E-state index contributed by atoms with van der Waals surface area (Å²) in [5.41, 5.74) is 2.02. The summed E-state index contributed by atoms with van der Waals surface area (Å²) in [6.45, 7) is 6.20. The minimum absolute atomic E-state index is 0.388. The van der Waals surface area contributed by atoms with Gasteiger partial charge in [0, 0.05) is 0 Å². The average molecular weight is 222 g/mol. The number of aliphatic carboxylic acids is 1. The van der Waals surface area contributed by atoms with Gasteiger partial charge in [-0.1, -0.05) is 25.1 Å². The Morgan fingerprint density at radius 1 is 1.50 bits per heavy atom. The van der Waals surface area contributed by atoms with Crippen molar-refractivity contribution >= 4 is 5.97 Å². The molecule has 1 aromatic rings. The lowest BCUT2D eigenvalue weighted by atomic mass is 9.99. The van der Waals surface area contributed by atoms with Crippen LogP contribution in [0.25, 0.3) is 0 Å². The highest BCUT2D eigenvalue weighted by atomic mass is 16.5. The van der Waals surface area contributed by atoms with Gasteiger partial charge < -0.3 is 9.84 Å². The first kappa shape index (κ1) is 12.6. The number of benzene rings is 1. The number of carbonyl (C=O) groups is 1. The predicted molar refractivity (Wildman–Crippen MR) is 62.9 cm³/mol. The molecule has 16 heavy (non-hydrogen) atoms. The van der Waals surface area contributed by atoms with Gasteiger partial charge in [0.1, 0.15) is 5.75 Å². The van der Waals surface area contributed by atoms with Crippen molar-refractivity contribution in [1.29, 1.82) is 0 Å². The van der Waals surface area contributed by atoms with Crippen LogP contribution in [0, 0.1) is 12.8 Å². The van der Waals surface area contributed by atoms with Crippen LogP contribution in [0.15, 0.2) is 18.2 Å². The van der Waals surface area contributed by atoms with E-state index in [1.165, 1.54) is 0 Å². The lowest BCUT2D eigenvalue weighted by Gasteiger charge is -2.14. The molecule has 88 valence electrons. The van der Waals surface area contributed by atoms with E-state index in [0.29, 0.717) is 13.0 Å². The molecule has 0 aliphatic carbocycles. The largest absolute Gasteiger partial charge is 0.493 e. The third-order valence-electron chi connectivity index (χ3n) is 2.53. The first-order valence-electron chi connectivity index (χ1n) is 5.50. The van der Waals surface area contributed by atoms with Gasteiger partial charge in [0.25, 0.3) is 0 Å². The monoisotopic (exact) mass is 222 g/mol. The van der Waals surface area contributed by atoms with E-state index < -0.39 is 5.97 Å². The maximum absolute atomic E-state index is 10.8. The maximum atomic E-state index is 10.8. The fraction of sp³-hybridized carbons (Fsp3) is 0.462. The summed E-state index contributed by atoms with van der Waals surface area (Å²) in [7, 11) is 0. The predicted octanol–water partition coefficient (Wildman–Crippen LogP) is 2.66. The van der Waals surface area contributed by atoms with Gasteiger partial charge in [0.15, 0.2) is 0 Å². The molecule has 0 saturated heterocycles. The Balaban J connectivity index is 2.94. The minimum Gasteiger partial charge on any atom is -0.493 e. The quantitative estimate of drug-likeness (QED) is 0.833. The fourth-order valence-corrected chi connectivity index (χ4v) is 1.64. The highest BCUT2D eigenvalue weighted by molar-refractivity contribution is 5.70. The number of carboxylic acid groups (broad SMARTS) is 1. The highest BCUT2D eigenvalue weighted by Gasteiger charge is 2.15. The summed E-state index contributed by atoms with van der Waals surface area (Å²) >= 11 is 0. The third kappa shape index (κ3) is 2.99. The van der Waals surface area contributed by atoms with Crippen molar-refractivity contribution in [2.75, 3.05) is 6.61 Å². The lowest BCUT2D eigenvalue weighted by Crippen LogP contribution is -2.13. The molecule has 0 amide bonds. The Labute approximate surface area is 96.1 Å². The van der Waals surface area contributed by atoms with Gasteiger partial charge in [-0.05, 0) is 31.4 Å². The summed E-state index contributed by atoms with van der Waals surface area (Å²) in [6, 6.07) is 5.83. The van der Waals surface area contributed by atoms with E-state index in [0.717, 1.165) is 16.9 Å². The lowest BCUT2D eigenvalue weighted by molar-refractivity contribution is -0.141. The van der Waals surface area contributed by atoms with Crippen LogP contribution in [-0.2, 0) is 11.2 Å². The second kappa shape index (κ2) is 5.54. The molecular formula is C13H18O3. The Morgan fingerprint density at radius 2 is 2.19 bits per heavy atom. The SMILES string of the molecule is CCOc1c(C)cccc1CC(C)C(=O)O. The van der Waals surface area contributed by atoms with Gasteiger partial charge in [-0.25, -0.2) is 0 Å². The number of hydrogen-bond donors (Lipinski definition) is 1. The van der Waals surface area contributed by atoms with Crippen LogP contribution in [0.1, 0.15) is 25.0 Å². The number of ether oxygens (including phenoxy) is 1. The number of para-hydroxylation sites is 1. The molecule has 0 aromatic heterocycles. The van der Waals surface area contributed by atoms with E-state index in [4.69, 9.17) is 9.84 Å². The number of hydrogen-bond acceptors (Lipinski definition) is 2.